The monoisotopic (exact) mass is 279 g/mol. The highest BCUT2D eigenvalue weighted by atomic mass is 35.5. The van der Waals surface area contributed by atoms with Gasteiger partial charge in [0.2, 0.25) is 5.91 Å². The number of hydrogen-bond donors (Lipinski definition) is 2. The van der Waals surface area contributed by atoms with Crippen LogP contribution in [0.15, 0.2) is 0 Å². The summed E-state index contributed by atoms with van der Waals surface area (Å²) < 4.78 is 5.33. The highest BCUT2D eigenvalue weighted by Crippen LogP contribution is 1.92. The molecular weight excluding hydrogens is 254 g/mol. The number of hydrogen-bond acceptors (Lipinski definition) is 4. The minimum Gasteiger partial charge on any atom is -0.378 e. The van der Waals surface area contributed by atoms with Crippen molar-refractivity contribution in [1.29, 1.82) is 0 Å². The van der Waals surface area contributed by atoms with Crippen molar-refractivity contribution in [2.24, 2.45) is 0 Å². The second-order valence-corrected chi connectivity index (χ2v) is 4.61. The molecule has 1 aliphatic heterocycles. The second kappa shape index (κ2) is 10.6. The van der Waals surface area contributed by atoms with Crippen LogP contribution < -0.4 is 10.6 Å². The van der Waals surface area contributed by atoms with Crippen LogP contribution in [0.2, 0.25) is 0 Å². The summed E-state index contributed by atoms with van der Waals surface area (Å²) in [5, 5.41) is 6.23. The van der Waals surface area contributed by atoms with Crippen LogP contribution in [0.3, 0.4) is 0 Å². The average molecular weight is 280 g/mol. The molecule has 1 amide bonds. The van der Waals surface area contributed by atoms with E-state index in [-0.39, 0.29) is 24.4 Å². The smallest absolute Gasteiger partial charge is 0.222 e. The first-order valence-corrected chi connectivity index (χ1v) is 6.50. The van der Waals surface area contributed by atoms with Gasteiger partial charge in [0.05, 0.1) is 12.7 Å². The summed E-state index contributed by atoms with van der Waals surface area (Å²) >= 11 is 0. The highest BCUT2D eigenvalue weighted by molar-refractivity contribution is 5.85. The number of rotatable bonds is 7. The van der Waals surface area contributed by atoms with Crippen molar-refractivity contribution in [3.63, 3.8) is 0 Å². The lowest BCUT2D eigenvalue weighted by Gasteiger charge is -2.27. The second-order valence-electron chi connectivity index (χ2n) is 4.61. The molecule has 0 aliphatic carbocycles. The Morgan fingerprint density at radius 3 is 2.67 bits per heavy atom. The molecule has 18 heavy (non-hydrogen) atoms. The average Bonchev–Trinajstić information content (AvgIpc) is 2.30. The predicted molar refractivity (Wildman–Crippen MR) is 75.3 cm³/mol. The van der Waals surface area contributed by atoms with E-state index >= 15 is 0 Å². The molecule has 0 aromatic heterocycles. The van der Waals surface area contributed by atoms with E-state index in [4.69, 9.17) is 4.74 Å². The summed E-state index contributed by atoms with van der Waals surface area (Å²) in [6, 6.07) is 0. The van der Waals surface area contributed by atoms with Crippen molar-refractivity contribution >= 4 is 18.3 Å². The van der Waals surface area contributed by atoms with Crippen LogP contribution in [-0.4, -0.2) is 62.8 Å². The third-order valence-corrected chi connectivity index (χ3v) is 2.74. The number of amides is 1. The van der Waals surface area contributed by atoms with Crippen LogP contribution in [0.25, 0.3) is 0 Å². The van der Waals surface area contributed by atoms with E-state index in [1.807, 2.05) is 13.8 Å². The topological polar surface area (TPSA) is 53.6 Å². The molecule has 1 fully saturated rings. The Balaban J connectivity index is 0.00000289. The van der Waals surface area contributed by atoms with Gasteiger partial charge in [0.1, 0.15) is 0 Å². The Labute approximate surface area is 116 Å². The molecule has 0 unspecified atom stereocenters. The molecule has 0 saturated carbocycles. The number of nitrogens with zero attached hydrogens (tertiary/aromatic N) is 1. The van der Waals surface area contributed by atoms with Crippen LogP contribution in [0.1, 0.15) is 20.3 Å². The summed E-state index contributed by atoms with van der Waals surface area (Å²) in [6.07, 6.45) is 0.656. The zero-order valence-corrected chi connectivity index (χ0v) is 12.2. The fourth-order valence-corrected chi connectivity index (χ4v) is 1.76. The van der Waals surface area contributed by atoms with Gasteiger partial charge in [-0.2, -0.15) is 0 Å². The van der Waals surface area contributed by atoms with E-state index in [1.165, 1.54) is 0 Å². The fraction of sp³-hybridized carbons (Fsp3) is 0.917. The molecule has 1 heterocycles. The standard InChI is InChI=1S/C12H25N3O2.ClH/c1-11(2)17-10-3-12(16)14-6-9-15-7-4-13-5-8-15;/h11,13H,3-10H2,1-2H3,(H,14,16);1H. The van der Waals surface area contributed by atoms with Crippen LogP contribution >= 0.6 is 12.4 Å². The zero-order valence-electron chi connectivity index (χ0n) is 11.4. The van der Waals surface area contributed by atoms with Crippen LogP contribution in [0.4, 0.5) is 0 Å². The third-order valence-electron chi connectivity index (χ3n) is 2.74. The number of carbonyl (C=O) groups is 1. The Hall–Kier alpha value is -0.360. The normalized spacial score (nSPS) is 16.4. The summed E-state index contributed by atoms with van der Waals surface area (Å²) in [5.74, 6) is 0.0841. The van der Waals surface area contributed by atoms with Crippen LogP contribution in [0.5, 0.6) is 0 Å². The Bertz CT molecular complexity index is 221. The van der Waals surface area contributed by atoms with Gasteiger partial charge in [0, 0.05) is 45.7 Å². The van der Waals surface area contributed by atoms with E-state index < -0.39 is 0 Å². The molecule has 1 rings (SSSR count). The van der Waals surface area contributed by atoms with E-state index in [2.05, 4.69) is 15.5 Å². The molecule has 2 N–H and O–H groups in total. The van der Waals surface area contributed by atoms with E-state index in [0.717, 1.165) is 39.3 Å². The van der Waals surface area contributed by atoms with Crippen molar-refractivity contribution in [3.8, 4) is 0 Å². The lowest BCUT2D eigenvalue weighted by atomic mass is 10.3. The number of ether oxygens (including phenoxy) is 1. The Morgan fingerprint density at radius 2 is 2.06 bits per heavy atom. The van der Waals surface area contributed by atoms with Gasteiger partial charge in [-0.25, -0.2) is 0 Å². The van der Waals surface area contributed by atoms with Gasteiger partial charge in [-0.1, -0.05) is 0 Å². The van der Waals surface area contributed by atoms with Crippen molar-refractivity contribution in [2.75, 3.05) is 45.9 Å². The van der Waals surface area contributed by atoms with Crippen LogP contribution in [0, 0.1) is 0 Å². The SMILES string of the molecule is CC(C)OCCC(=O)NCCN1CCNCC1.Cl. The van der Waals surface area contributed by atoms with Crippen LogP contribution in [-0.2, 0) is 9.53 Å². The summed E-state index contributed by atoms with van der Waals surface area (Å²) in [4.78, 5) is 13.8. The maximum Gasteiger partial charge on any atom is 0.222 e. The first kappa shape index (κ1) is 17.6. The maximum atomic E-state index is 11.4. The molecule has 0 spiro atoms. The molecular formula is C12H26ClN3O2. The molecule has 0 aromatic rings. The van der Waals surface area contributed by atoms with Gasteiger partial charge in [-0.05, 0) is 13.8 Å². The molecule has 0 atom stereocenters. The predicted octanol–water partition coefficient (Wildman–Crippen LogP) is 0.245. The summed E-state index contributed by atoms with van der Waals surface area (Å²) in [6.45, 7) is 10.4. The molecule has 108 valence electrons. The Morgan fingerprint density at radius 1 is 1.39 bits per heavy atom. The van der Waals surface area contributed by atoms with Crippen molar-refractivity contribution in [2.45, 2.75) is 26.4 Å². The van der Waals surface area contributed by atoms with E-state index in [9.17, 15) is 4.79 Å². The van der Waals surface area contributed by atoms with Gasteiger partial charge >= 0.3 is 0 Å². The molecule has 5 nitrogen and oxygen atoms in total. The quantitative estimate of drug-likeness (QED) is 0.701. The molecule has 0 bridgehead atoms. The van der Waals surface area contributed by atoms with E-state index in [1.54, 1.807) is 0 Å². The number of halogens is 1. The lowest BCUT2D eigenvalue weighted by molar-refractivity contribution is -0.122. The maximum absolute atomic E-state index is 11.4. The molecule has 0 aromatic carbocycles. The largest absolute Gasteiger partial charge is 0.378 e. The lowest BCUT2D eigenvalue weighted by Crippen LogP contribution is -2.46. The molecule has 0 radical (unpaired) electrons. The zero-order chi connectivity index (χ0) is 12.5. The first-order chi connectivity index (χ1) is 8.18. The number of piperazine rings is 1. The number of nitrogens with one attached hydrogen (secondary N) is 2. The fourth-order valence-electron chi connectivity index (χ4n) is 1.76. The molecule has 1 saturated heterocycles. The third kappa shape index (κ3) is 8.69. The van der Waals surface area contributed by atoms with Gasteiger partial charge in [-0.3, -0.25) is 9.69 Å². The minimum absolute atomic E-state index is 0. The Kier molecular flexibility index (Phi) is 10.3. The highest BCUT2D eigenvalue weighted by Gasteiger charge is 2.09. The van der Waals surface area contributed by atoms with E-state index in [0.29, 0.717) is 13.0 Å². The first-order valence-electron chi connectivity index (χ1n) is 6.50. The van der Waals surface area contributed by atoms with Crippen molar-refractivity contribution in [3.05, 3.63) is 0 Å². The van der Waals surface area contributed by atoms with Gasteiger partial charge in [0.15, 0.2) is 0 Å². The van der Waals surface area contributed by atoms with Gasteiger partial charge in [-0.15, -0.1) is 12.4 Å². The molecule has 6 heteroatoms. The summed E-state index contributed by atoms with van der Waals surface area (Å²) in [5.41, 5.74) is 0. The van der Waals surface area contributed by atoms with Crippen molar-refractivity contribution in [1.82, 2.24) is 15.5 Å². The minimum atomic E-state index is 0. The van der Waals surface area contributed by atoms with Gasteiger partial charge < -0.3 is 15.4 Å². The molecule has 1 aliphatic rings. The number of carbonyl (C=O) groups excluding carboxylic acids is 1. The van der Waals surface area contributed by atoms with Gasteiger partial charge in [0.25, 0.3) is 0 Å². The van der Waals surface area contributed by atoms with Crippen molar-refractivity contribution < 1.29 is 9.53 Å². The summed E-state index contributed by atoms with van der Waals surface area (Å²) in [7, 11) is 0.